The highest BCUT2D eigenvalue weighted by Gasteiger charge is 2.33. The highest BCUT2D eigenvalue weighted by atomic mass is 79.9. The van der Waals surface area contributed by atoms with Crippen molar-refractivity contribution in [3.05, 3.63) is 75.2 Å². The largest absolute Gasteiger partial charge is 0.314 e. The molecule has 0 bridgehead atoms. The van der Waals surface area contributed by atoms with E-state index in [9.17, 15) is 0 Å². The maximum atomic E-state index is 3.47. The van der Waals surface area contributed by atoms with Gasteiger partial charge in [0.15, 0.2) is 0 Å². The summed E-state index contributed by atoms with van der Waals surface area (Å²) in [5.74, 6) is 0. The van der Waals surface area contributed by atoms with Gasteiger partial charge in [-0.25, -0.2) is 5.43 Å². The van der Waals surface area contributed by atoms with E-state index in [4.69, 9.17) is 0 Å². The molecular formula is C16H15BrN2S. The first-order chi connectivity index (χ1) is 9.66. The number of thioether (sulfide) groups is 1. The van der Waals surface area contributed by atoms with Gasteiger partial charge >= 0.3 is 0 Å². The number of halogens is 1. The smallest absolute Gasteiger partial charge is 0.110 e. The molecule has 1 aliphatic rings. The zero-order valence-corrected chi connectivity index (χ0v) is 13.5. The summed E-state index contributed by atoms with van der Waals surface area (Å²) in [5, 5.41) is 1.13. The molecule has 0 aliphatic carbocycles. The molecule has 102 valence electrons. The molecule has 4 heteroatoms. The Hall–Kier alpha value is -1.23. The maximum Gasteiger partial charge on any atom is 0.110 e. The van der Waals surface area contributed by atoms with Crippen molar-refractivity contribution in [1.29, 1.82) is 0 Å². The van der Waals surface area contributed by atoms with Gasteiger partial charge in [-0.2, -0.15) is 0 Å². The second kappa shape index (κ2) is 5.64. The van der Waals surface area contributed by atoms with Crippen LogP contribution in [0.2, 0.25) is 0 Å². The monoisotopic (exact) mass is 346 g/mol. The van der Waals surface area contributed by atoms with Crippen LogP contribution in [-0.2, 0) is 4.87 Å². The molecule has 0 unspecified atom stereocenters. The molecule has 0 spiro atoms. The lowest BCUT2D eigenvalue weighted by molar-refractivity contribution is 0.503. The van der Waals surface area contributed by atoms with Crippen LogP contribution in [0.3, 0.4) is 0 Å². The Morgan fingerprint density at radius 3 is 2.45 bits per heavy atom. The van der Waals surface area contributed by atoms with Crippen LogP contribution in [0.15, 0.2) is 64.1 Å². The molecule has 1 atom stereocenters. The minimum atomic E-state index is -0.151. The molecule has 0 radical (unpaired) electrons. The number of nitrogens with one attached hydrogen (secondary N) is 2. The van der Waals surface area contributed by atoms with E-state index in [0.29, 0.717) is 0 Å². The van der Waals surface area contributed by atoms with Crippen molar-refractivity contribution < 1.29 is 0 Å². The van der Waals surface area contributed by atoms with Crippen LogP contribution >= 0.6 is 27.7 Å². The van der Waals surface area contributed by atoms with Crippen molar-refractivity contribution in [3.63, 3.8) is 0 Å². The van der Waals surface area contributed by atoms with E-state index in [1.54, 1.807) is 11.8 Å². The zero-order valence-electron chi connectivity index (χ0n) is 11.1. The van der Waals surface area contributed by atoms with E-state index in [0.717, 1.165) is 9.50 Å². The normalized spacial score (nSPS) is 23.8. The highest BCUT2D eigenvalue weighted by molar-refractivity contribution is 9.10. The molecule has 3 rings (SSSR count). The third-order valence-corrected chi connectivity index (χ3v) is 4.95. The summed E-state index contributed by atoms with van der Waals surface area (Å²) in [6.45, 7) is 2.18. The molecule has 2 aromatic rings. The van der Waals surface area contributed by atoms with Crippen LogP contribution in [0.5, 0.6) is 0 Å². The minimum absolute atomic E-state index is 0.151. The quantitative estimate of drug-likeness (QED) is 0.839. The van der Waals surface area contributed by atoms with Gasteiger partial charge in [0.2, 0.25) is 0 Å². The van der Waals surface area contributed by atoms with Crippen molar-refractivity contribution in [1.82, 2.24) is 10.9 Å². The molecule has 1 aliphatic heterocycles. The fourth-order valence-electron chi connectivity index (χ4n) is 2.12. The van der Waals surface area contributed by atoms with Gasteiger partial charge in [-0.1, -0.05) is 70.2 Å². The van der Waals surface area contributed by atoms with Gasteiger partial charge in [-0.15, -0.1) is 0 Å². The Morgan fingerprint density at radius 2 is 1.75 bits per heavy atom. The minimum Gasteiger partial charge on any atom is -0.314 e. The molecule has 1 fully saturated rings. The zero-order chi connectivity index (χ0) is 14.0. The molecular weight excluding hydrogens is 332 g/mol. The number of hydrogen-bond acceptors (Lipinski definition) is 3. The van der Waals surface area contributed by atoms with E-state index >= 15 is 0 Å². The van der Waals surface area contributed by atoms with E-state index in [1.165, 1.54) is 11.1 Å². The van der Waals surface area contributed by atoms with Crippen molar-refractivity contribution in [2.24, 2.45) is 0 Å². The van der Waals surface area contributed by atoms with Gasteiger partial charge in [-0.3, -0.25) is 0 Å². The summed E-state index contributed by atoms with van der Waals surface area (Å²) in [5.41, 5.74) is 9.08. The molecule has 2 nitrogen and oxygen atoms in total. The second-order valence-corrected chi connectivity index (χ2v) is 7.19. The number of benzene rings is 2. The number of hydrogen-bond donors (Lipinski definition) is 2. The molecule has 1 saturated heterocycles. The van der Waals surface area contributed by atoms with Crippen LogP contribution in [0.25, 0.3) is 6.08 Å². The summed E-state index contributed by atoms with van der Waals surface area (Å²) in [4.78, 5) is -0.151. The molecule has 1 heterocycles. The van der Waals surface area contributed by atoms with Crippen LogP contribution < -0.4 is 10.9 Å². The van der Waals surface area contributed by atoms with Crippen molar-refractivity contribution >= 4 is 33.8 Å². The molecule has 0 saturated carbocycles. The Labute approximate surface area is 131 Å². The first-order valence-corrected chi connectivity index (χ1v) is 8.02. The SMILES string of the molecule is C[C@@]1(c2ccc(Br)cc2)NN/C(=C/c2ccccc2)S1. The number of rotatable bonds is 2. The van der Waals surface area contributed by atoms with Gasteiger partial charge in [0.05, 0.1) is 5.03 Å². The lowest BCUT2D eigenvalue weighted by Crippen LogP contribution is -2.36. The first kappa shape index (κ1) is 13.7. The van der Waals surface area contributed by atoms with Crippen LogP contribution in [0, 0.1) is 0 Å². The molecule has 2 aromatic carbocycles. The van der Waals surface area contributed by atoms with Crippen LogP contribution in [0.4, 0.5) is 0 Å². The van der Waals surface area contributed by atoms with Crippen molar-refractivity contribution in [3.8, 4) is 0 Å². The van der Waals surface area contributed by atoms with Gasteiger partial charge in [-0.05, 0) is 36.3 Å². The second-order valence-electron chi connectivity index (χ2n) is 4.81. The first-order valence-electron chi connectivity index (χ1n) is 6.41. The molecule has 0 aromatic heterocycles. The Bertz CT molecular complexity index is 625. The average Bonchev–Trinajstić information content (AvgIpc) is 2.83. The van der Waals surface area contributed by atoms with E-state index < -0.39 is 0 Å². The maximum absolute atomic E-state index is 3.47. The molecule has 20 heavy (non-hydrogen) atoms. The topological polar surface area (TPSA) is 24.1 Å². The fraction of sp³-hybridized carbons (Fsp3) is 0.125. The molecule has 2 N–H and O–H groups in total. The summed E-state index contributed by atoms with van der Waals surface area (Å²) in [6, 6.07) is 18.7. The third kappa shape index (κ3) is 2.92. The van der Waals surface area contributed by atoms with E-state index in [1.807, 2.05) is 18.2 Å². The van der Waals surface area contributed by atoms with Crippen LogP contribution in [0.1, 0.15) is 18.1 Å². The average molecular weight is 347 g/mol. The Balaban J connectivity index is 1.82. The van der Waals surface area contributed by atoms with Gasteiger partial charge < -0.3 is 5.43 Å². The fourth-order valence-corrected chi connectivity index (χ4v) is 3.47. The third-order valence-electron chi connectivity index (χ3n) is 3.23. The lowest BCUT2D eigenvalue weighted by atomic mass is 10.1. The summed E-state index contributed by atoms with van der Waals surface area (Å²) in [7, 11) is 0. The number of hydrazine groups is 1. The van der Waals surface area contributed by atoms with E-state index in [2.05, 4.69) is 76.2 Å². The van der Waals surface area contributed by atoms with Gasteiger partial charge in [0.25, 0.3) is 0 Å². The van der Waals surface area contributed by atoms with Crippen molar-refractivity contribution in [2.45, 2.75) is 11.8 Å². The lowest BCUT2D eigenvalue weighted by Gasteiger charge is -2.22. The summed E-state index contributed by atoms with van der Waals surface area (Å²) >= 11 is 5.26. The van der Waals surface area contributed by atoms with Gasteiger partial charge in [0, 0.05) is 4.47 Å². The predicted octanol–water partition coefficient (Wildman–Crippen LogP) is 4.46. The Morgan fingerprint density at radius 1 is 1.05 bits per heavy atom. The highest BCUT2D eigenvalue weighted by Crippen LogP contribution is 2.41. The van der Waals surface area contributed by atoms with Crippen molar-refractivity contribution in [2.75, 3.05) is 0 Å². The van der Waals surface area contributed by atoms with Crippen LogP contribution in [-0.4, -0.2) is 0 Å². The summed E-state index contributed by atoms with van der Waals surface area (Å²) in [6.07, 6.45) is 2.15. The van der Waals surface area contributed by atoms with Gasteiger partial charge in [0.1, 0.15) is 4.87 Å². The predicted molar refractivity (Wildman–Crippen MR) is 89.8 cm³/mol. The summed E-state index contributed by atoms with van der Waals surface area (Å²) < 4.78 is 1.10. The Kier molecular flexibility index (Phi) is 3.87. The molecule has 0 amide bonds. The van der Waals surface area contributed by atoms with E-state index in [-0.39, 0.29) is 4.87 Å². The standard InChI is InChI=1S/C16H15BrN2S/c1-16(13-7-9-14(17)10-8-13)19-18-15(20-16)11-12-5-3-2-4-6-12/h2-11,18-19H,1H3/b15-11-/t16-/m1/s1.